The molecule has 0 atom stereocenters. The molecule has 5 rings (SSSR count). The highest BCUT2D eigenvalue weighted by Gasteiger charge is 2.24. The lowest BCUT2D eigenvalue weighted by molar-refractivity contribution is 0.291. The quantitative estimate of drug-likeness (QED) is 0.170. The maximum Gasteiger partial charge on any atom is 0.530 e. The van der Waals surface area contributed by atoms with Gasteiger partial charge in [0.2, 0.25) is 0 Å². The van der Waals surface area contributed by atoms with Crippen LogP contribution in [0.5, 0.6) is 17.2 Å². The molecule has 5 heteroatoms. The maximum atomic E-state index is 6.28. The standard InChI is InChI=1S/C33H45O3P.C12H23N/c1-10-31(4,5)25-13-19-28(20-14-25)34-37(35-29-21-15-26(16-22-29)32(6,7)11-2)36-30-23-17-27(18-24-30)33(8,9)12-3;1-3-7-11(8-4-1)13-12-9-5-2-6-10-12/h13-24H,10-12H2,1-9H3;11-13H,1-10H2. The van der Waals surface area contributed by atoms with Gasteiger partial charge in [-0.25, -0.2) is 0 Å². The van der Waals surface area contributed by atoms with Gasteiger partial charge >= 0.3 is 8.60 Å². The zero-order valence-electron chi connectivity index (χ0n) is 32.9. The van der Waals surface area contributed by atoms with Crippen molar-refractivity contribution in [1.82, 2.24) is 5.32 Å². The third-order valence-electron chi connectivity index (χ3n) is 11.8. The van der Waals surface area contributed by atoms with E-state index in [4.69, 9.17) is 13.6 Å². The van der Waals surface area contributed by atoms with Crippen LogP contribution < -0.4 is 18.9 Å². The van der Waals surface area contributed by atoms with Crippen molar-refractivity contribution in [3.8, 4) is 17.2 Å². The van der Waals surface area contributed by atoms with Gasteiger partial charge in [-0.05, 0) is 114 Å². The lowest BCUT2D eigenvalue weighted by atomic mass is 9.82. The minimum atomic E-state index is -1.71. The second kappa shape index (κ2) is 18.8. The lowest BCUT2D eigenvalue weighted by Gasteiger charge is -2.30. The van der Waals surface area contributed by atoms with Gasteiger partial charge in [-0.3, -0.25) is 0 Å². The highest BCUT2D eigenvalue weighted by Crippen LogP contribution is 2.44. The van der Waals surface area contributed by atoms with Gasteiger partial charge in [0.25, 0.3) is 0 Å². The molecular formula is C45H68NO3P. The van der Waals surface area contributed by atoms with E-state index >= 15 is 0 Å². The number of nitrogens with one attached hydrogen (secondary N) is 1. The van der Waals surface area contributed by atoms with E-state index < -0.39 is 8.60 Å². The van der Waals surface area contributed by atoms with Gasteiger partial charge in [-0.15, -0.1) is 0 Å². The van der Waals surface area contributed by atoms with E-state index in [9.17, 15) is 0 Å². The monoisotopic (exact) mass is 701 g/mol. The second-order valence-corrected chi connectivity index (χ2v) is 17.6. The van der Waals surface area contributed by atoms with Crippen molar-refractivity contribution in [2.45, 2.75) is 174 Å². The number of hydrogen-bond acceptors (Lipinski definition) is 4. The molecule has 0 amide bonds. The first kappa shape index (κ1) is 40.2. The van der Waals surface area contributed by atoms with E-state index in [-0.39, 0.29) is 16.2 Å². The first-order valence-electron chi connectivity index (χ1n) is 19.8. The predicted octanol–water partition coefficient (Wildman–Crippen LogP) is 13.8. The first-order valence-corrected chi connectivity index (χ1v) is 20.9. The minimum Gasteiger partial charge on any atom is -0.409 e. The Kier molecular flexibility index (Phi) is 15.1. The molecule has 2 saturated carbocycles. The van der Waals surface area contributed by atoms with E-state index in [2.05, 4.69) is 104 Å². The average Bonchev–Trinajstić information content (AvgIpc) is 3.13. The van der Waals surface area contributed by atoms with Crippen molar-refractivity contribution in [1.29, 1.82) is 0 Å². The Morgan fingerprint density at radius 3 is 0.960 bits per heavy atom. The molecule has 276 valence electrons. The normalized spacial score (nSPS) is 16.4. The van der Waals surface area contributed by atoms with Gasteiger partial charge in [0.1, 0.15) is 17.2 Å². The fourth-order valence-electron chi connectivity index (χ4n) is 6.70. The summed E-state index contributed by atoms with van der Waals surface area (Å²) in [6.45, 7) is 20.2. The van der Waals surface area contributed by atoms with Crippen molar-refractivity contribution in [2.24, 2.45) is 0 Å². The molecule has 3 aromatic rings. The highest BCUT2D eigenvalue weighted by atomic mass is 31.2. The van der Waals surface area contributed by atoms with Gasteiger partial charge in [-0.2, -0.15) is 0 Å². The van der Waals surface area contributed by atoms with Crippen LogP contribution in [0.25, 0.3) is 0 Å². The van der Waals surface area contributed by atoms with E-state index in [0.717, 1.165) is 48.6 Å². The summed E-state index contributed by atoms with van der Waals surface area (Å²) in [5.74, 6) is 2.19. The van der Waals surface area contributed by atoms with Crippen LogP contribution in [-0.2, 0) is 16.2 Å². The molecule has 2 fully saturated rings. The molecule has 0 aromatic heterocycles. The fraction of sp³-hybridized carbons (Fsp3) is 0.600. The molecule has 0 bridgehead atoms. The molecule has 2 aliphatic rings. The number of hydrogen-bond donors (Lipinski definition) is 1. The Morgan fingerprint density at radius 1 is 0.460 bits per heavy atom. The Balaban J connectivity index is 0.000000358. The van der Waals surface area contributed by atoms with Crippen molar-refractivity contribution in [3.05, 3.63) is 89.5 Å². The average molecular weight is 702 g/mol. The minimum absolute atomic E-state index is 0.123. The molecule has 4 nitrogen and oxygen atoms in total. The summed E-state index contributed by atoms with van der Waals surface area (Å²) in [7, 11) is -1.71. The molecule has 0 aliphatic heterocycles. The third-order valence-corrected chi connectivity index (χ3v) is 12.9. The van der Waals surface area contributed by atoms with Crippen molar-refractivity contribution >= 4 is 8.60 Å². The predicted molar refractivity (Wildman–Crippen MR) is 215 cm³/mol. The molecule has 0 radical (unpaired) electrons. The maximum absolute atomic E-state index is 6.28. The zero-order valence-corrected chi connectivity index (χ0v) is 33.8. The van der Waals surface area contributed by atoms with Crippen molar-refractivity contribution in [2.75, 3.05) is 0 Å². The second-order valence-electron chi connectivity index (χ2n) is 16.6. The zero-order chi connectivity index (χ0) is 36.2. The molecular weight excluding hydrogens is 633 g/mol. The van der Waals surface area contributed by atoms with E-state index in [1.165, 1.54) is 80.9 Å². The Hall–Kier alpha value is -2.55. The summed E-state index contributed by atoms with van der Waals surface area (Å²) in [6.07, 6.45) is 17.8. The van der Waals surface area contributed by atoms with Crippen LogP contribution in [0.2, 0.25) is 0 Å². The Morgan fingerprint density at radius 2 is 0.720 bits per heavy atom. The largest absolute Gasteiger partial charge is 0.530 e. The summed E-state index contributed by atoms with van der Waals surface area (Å²) in [4.78, 5) is 0. The highest BCUT2D eigenvalue weighted by molar-refractivity contribution is 7.43. The summed E-state index contributed by atoms with van der Waals surface area (Å²) in [5.41, 5.74) is 4.24. The topological polar surface area (TPSA) is 39.7 Å². The number of benzene rings is 3. The molecule has 50 heavy (non-hydrogen) atoms. The van der Waals surface area contributed by atoms with Crippen LogP contribution in [0, 0.1) is 0 Å². The van der Waals surface area contributed by atoms with Gasteiger partial charge in [-0.1, -0.05) is 137 Å². The number of rotatable bonds is 14. The summed E-state index contributed by atoms with van der Waals surface area (Å²) in [5, 5.41) is 3.86. The van der Waals surface area contributed by atoms with Gasteiger partial charge in [0, 0.05) is 12.1 Å². The van der Waals surface area contributed by atoms with Crippen LogP contribution in [0.1, 0.15) is 162 Å². The third kappa shape index (κ3) is 12.0. The SMILES string of the molecule is C1CCC(NC2CCCCC2)CC1.CCC(C)(C)c1ccc(OP(Oc2ccc(C(C)(C)CC)cc2)Oc2ccc(C(C)(C)CC)cc2)cc1. The summed E-state index contributed by atoms with van der Waals surface area (Å²) >= 11 is 0. The Labute approximate surface area is 307 Å². The van der Waals surface area contributed by atoms with Crippen molar-refractivity contribution < 1.29 is 13.6 Å². The molecule has 3 aromatic carbocycles. The van der Waals surface area contributed by atoms with Crippen LogP contribution in [0.3, 0.4) is 0 Å². The van der Waals surface area contributed by atoms with Crippen LogP contribution in [0.15, 0.2) is 72.8 Å². The van der Waals surface area contributed by atoms with Crippen molar-refractivity contribution in [3.63, 3.8) is 0 Å². The molecule has 0 heterocycles. The van der Waals surface area contributed by atoms with E-state index in [0.29, 0.717) is 0 Å². The van der Waals surface area contributed by atoms with Crippen LogP contribution >= 0.6 is 8.60 Å². The smallest absolute Gasteiger partial charge is 0.409 e. The van der Waals surface area contributed by atoms with E-state index in [1.54, 1.807) is 0 Å². The van der Waals surface area contributed by atoms with Gasteiger partial charge < -0.3 is 18.9 Å². The lowest BCUT2D eigenvalue weighted by Crippen LogP contribution is -2.40. The Bertz CT molecular complexity index is 1220. The molecule has 0 spiro atoms. The molecule has 0 unspecified atom stereocenters. The first-order chi connectivity index (χ1) is 23.8. The molecule has 2 aliphatic carbocycles. The summed E-state index contributed by atoms with van der Waals surface area (Å²) < 4.78 is 18.8. The van der Waals surface area contributed by atoms with Crippen LogP contribution in [-0.4, -0.2) is 12.1 Å². The van der Waals surface area contributed by atoms with Crippen LogP contribution in [0.4, 0.5) is 0 Å². The fourth-order valence-corrected chi connectivity index (χ4v) is 7.69. The van der Waals surface area contributed by atoms with Gasteiger partial charge in [0.05, 0.1) is 0 Å². The molecule has 0 saturated heterocycles. The molecule has 1 N–H and O–H groups in total. The van der Waals surface area contributed by atoms with Gasteiger partial charge in [0.15, 0.2) is 0 Å². The summed E-state index contributed by atoms with van der Waals surface area (Å²) in [6, 6.07) is 26.6. The van der Waals surface area contributed by atoms with E-state index in [1.807, 2.05) is 36.4 Å².